The number of halogens is 4. The van der Waals surface area contributed by atoms with Gasteiger partial charge in [0.1, 0.15) is 17.0 Å². The zero-order valence-electron chi connectivity index (χ0n) is 14.3. The van der Waals surface area contributed by atoms with Gasteiger partial charge < -0.3 is 10.4 Å². The Labute approximate surface area is 160 Å². The molecule has 0 saturated heterocycles. The number of thioether (sulfide) groups is 1. The standard InChI is InChI=1S/C17H14F4N2O4S/c1-16(25,9-28-12-5-2-10(18)3-6-12)15(24)22-11-4-7-14(23(26)27)13(8-11)17(19,20)21/h2-8,25H,9H2,1H3,(H,22,24)/t16-/m0/s1. The number of anilines is 1. The minimum Gasteiger partial charge on any atom is -0.379 e. The third kappa shape index (κ3) is 5.42. The molecule has 0 heterocycles. The first-order valence-corrected chi connectivity index (χ1v) is 8.66. The monoisotopic (exact) mass is 418 g/mol. The molecule has 1 amide bonds. The molecule has 0 bridgehead atoms. The topological polar surface area (TPSA) is 92.5 Å². The van der Waals surface area contributed by atoms with Gasteiger partial charge in [-0.2, -0.15) is 13.2 Å². The number of alkyl halides is 3. The first-order valence-electron chi connectivity index (χ1n) is 7.68. The molecule has 0 unspecified atom stereocenters. The molecule has 2 aromatic carbocycles. The van der Waals surface area contributed by atoms with Crippen molar-refractivity contribution in [1.29, 1.82) is 0 Å². The number of rotatable bonds is 6. The fraction of sp³-hybridized carbons (Fsp3) is 0.235. The molecule has 28 heavy (non-hydrogen) atoms. The van der Waals surface area contributed by atoms with Crippen molar-refractivity contribution in [2.75, 3.05) is 11.1 Å². The zero-order valence-corrected chi connectivity index (χ0v) is 15.1. The Bertz CT molecular complexity index is 886. The first-order chi connectivity index (χ1) is 12.9. The number of nitro benzene ring substituents is 1. The van der Waals surface area contributed by atoms with Crippen molar-refractivity contribution in [2.24, 2.45) is 0 Å². The molecule has 2 rings (SSSR count). The Morgan fingerprint density at radius 2 is 1.82 bits per heavy atom. The number of carbonyl (C=O) groups excluding carboxylic acids is 1. The molecule has 1 atom stereocenters. The minimum absolute atomic E-state index is 0.163. The molecule has 11 heteroatoms. The van der Waals surface area contributed by atoms with Gasteiger partial charge in [-0.05, 0) is 43.3 Å². The fourth-order valence-electron chi connectivity index (χ4n) is 2.09. The summed E-state index contributed by atoms with van der Waals surface area (Å²) in [5.41, 5.74) is -4.99. The SMILES string of the molecule is C[C@](O)(CSc1ccc(F)cc1)C(=O)Nc1ccc([N+](=O)[O-])c(C(F)(F)F)c1. The number of aliphatic hydroxyl groups is 1. The summed E-state index contributed by atoms with van der Waals surface area (Å²) in [5, 5.41) is 23.2. The molecular formula is C17H14F4N2O4S. The summed E-state index contributed by atoms with van der Waals surface area (Å²) in [6.45, 7) is 1.16. The Kier molecular flexibility index (Phi) is 6.30. The third-order valence-corrected chi connectivity index (χ3v) is 4.89. The van der Waals surface area contributed by atoms with E-state index in [1.807, 2.05) is 0 Å². The van der Waals surface area contributed by atoms with Gasteiger partial charge in [0.25, 0.3) is 11.6 Å². The van der Waals surface area contributed by atoms with Crippen molar-refractivity contribution in [3.8, 4) is 0 Å². The molecule has 2 N–H and O–H groups in total. The molecule has 150 valence electrons. The van der Waals surface area contributed by atoms with Crippen LogP contribution in [0.15, 0.2) is 47.4 Å². The van der Waals surface area contributed by atoms with Crippen LogP contribution in [-0.4, -0.2) is 27.3 Å². The lowest BCUT2D eigenvalue weighted by Gasteiger charge is -2.22. The van der Waals surface area contributed by atoms with E-state index < -0.39 is 39.7 Å². The molecule has 0 radical (unpaired) electrons. The Balaban J connectivity index is 2.14. The summed E-state index contributed by atoms with van der Waals surface area (Å²) < 4.78 is 51.9. The average molecular weight is 418 g/mol. The van der Waals surface area contributed by atoms with Gasteiger partial charge in [-0.3, -0.25) is 14.9 Å². The normalized spacial score (nSPS) is 13.6. The summed E-state index contributed by atoms with van der Waals surface area (Å²) in [6, 6.07) is 7.28. The quantitative estimate of drug-likeness (QED) is 0.317. The number of carbonyl (C=O) groups is 1. The van der Waals surface area contributed by atoms with E-state index in [-0.39, 0.29) is 11.4 Å². The highest BCUT2D eigenvalue weighted by Crippen LogP contribution is 2.37. The number of hydrogen-bond acceptors (Lipinski definition) is 5. The van der Waals surface area contributed by atoms with Crippen molar-refractivity contribution in [2.45, 2.75) is 23.6 Å². The van der Waals surface area contributed by atoms with Crippen LogP contribution in [0.4, 0.5) is 28.9 Å². The predicted molar refractivity (Wildman–Crippen MR) is 94.5 cm³/mol. The molecule has 0 aliphatic rings. The van der Waals surface area contributed by atoms with Crippen LogP contribution in [0, 0.1) is 15.9 Å². The fourth-order valence-corrected chi connectivity index (χ4v) is 2.99. The van der Waals surface area contributed by atoms with Crippen LogP contribution < -0.4 is 5.32 Å². The van der Waals surface area contributed by atoms with Gasteiger partial charge in [0.2, 0.25) is 0 Å². The highest BCUT2D eigenvalue weighted by atomic mass is 32.2. The van der Waals surface area contributed by atoms with Crippen LogP contribution in [0.5, 0.6) is 0 Å². The minimum atomic E-state index is -5.00. The van der Waals surface area contributed by atoms with Crippen LogP contribution in [0.3, 0.4) is 0 Å². The van der Waals surface area contributed by atoms with Crippen LogP contribution in [0.1, 0.15) is 12.5 Å². The number of nitrogens with one attached hydrogen (secondary N) is 1. The molecular weight excluding hydrogens is 404 g/mol. The Morgan fingerprint density at radius 3 is 2.36 bits per heavy atom. The van der Waals surface area contributed by atoms with Crippen LogP contribution in [-0.2, 0) is 11.0 Å². The summed E-state index contributed by atoms with van der Waals surface area (Å²) in [5.74, 6) is -1.61. The van der Waals surface area contributed by atoms with Gasteiger partial charge in [-0.15, -0.1) is 11.8 Å². The van der Waals surface area contributed by atoms with E-state index in [0.717, 1.165) is 24.8 Å². The predicted octanol–water partition coefficient (Wildman–Crippen LogP) is 4.23. The maximum absolute atomic E-state index is 13.0. The van der Waals surface area contributed by atoms with E-state index in [1.165, 1.54) is 24.3 Å². The van der Waals surface area contributed by atoms with E-state index in [0.29, 0.717) is 17.0 Å². The molecule has 0 aliphatic carbocycles. The van der Waals surface area contributed by atoms with E-state index in [2.05, 4.69) is 5.32 Å². The van der Waals surface area contributed by atoms with Gasteiger partial charge in [-0.25, -0.2) is 4.39 Å². The highest BCUT2D eigenvalue weighted by Gasteiger charge is 2.39. The lowest BCUT2D eigenvalue weighted by atomic mass is 10.1. The van der Waals surface area contributed by atoms with Crippen molar-refractivity contribution in [3.05, 3.63) is 64.0 Å². The Hall–Kier alpha value is -2.66. The highest BCUT2D eigenvalue weighted by molar-refractivity contribution is 7.99. The van der Waals surface area contributed by atoms with Crippen molar-refractivity contribution in [1.82, 2.24) is 0 Å². The summed E-state index contributed by atoms with van der Waals surface area (Å²) in [6.07, 6.45) is -5.00. The molecule has 2 aromatic rings. The van der Waals surface area contributed by atoms with Gasteiger partial charge in [-0.1, -0.05) is 0 Å². The second kappa shape index (κ2) is 8.15. The van der Waals surface area contributed by atoms with Crippen LogP contribution >= 0.6 is 11.8 Å². The maximum Gasteiger partial charge on any atom is 0.423 e. The average Bonchev–Trinajstić information content (AvgIpc) is 2.60. The van der Waals surface area contributed by atoms with Crippen LogP contribution in [0.25, 0.3) is 0 Å². The van der Waals surface area contributed by atoms with Crippen molar-refractivity contribution >= 4 is 29.0 Å². The summed E-state index contributed by atoms with van der Waals surface area (Å²) in [7, 11) is 0. The molecule has 0 aliphatic heterocycles. The number of hydrogen-bond donors (Lipinski definition) is 2. The van der Waals surface area contributed by atoms with Gasteiger partial charge in [0, 0.05) is 22.4 Å². The molecule has 6 nitrogen and oxygen atoms in total. The lowest BCUT2D eigenvalue weighted by molar-refractivity contribution is -0.388. The lowest BCUT2D eigenvalue weighted by Crippen LogP contribution is -2.42. The Morgan fingerprint density at radius 1 is 1.21 bits per heavy atom. The van der Waals surface area contributed by atoms with Crippen molar-refractivity contribution in [3.63, 3.8) is 0 Å². The van der Waals surface area contributed by atoms with Gasteiger partial charge >= 0.3 is 6.18 Å². The molecule has 0 aromatic heterocycles. The number of nitrogens with zero attached hydrogens (tertiary/aromatic N) is 1. The van der Waals surface area contributed by atoms with E-state index in [4.69, 9.17) is 0 Å². The van der Waals surface area contributed by atoms with Gasteiger partial charge in [0.05, 0.1) is 4.92 Å². The van der Waals surface area contributed by atoms with E-state index >= 15 is 0 Å². The number of benzene rings is 2. The van der Waals surface area contributed by atoms with Crippen LogP contribution in [0.2, 0.25) is 0 Å². The second-order valence-electron chi connectivity index (χ2n) is 5.96. The van der Waals surface area contributed by atoms with Gasteiger partial charge in [0.15, 0.2) is 0 Å². The molecule has 0 spiro atoms. The van der Waals surface area contributed by atoms with Crippen molar-refractivity contribution < 1.29 is 32.4 Å². The third-order valence-electron chi connectivity index (χ3n) is 3.58. The maximum atomic E-state index is 13.0. The molecule has 0 saturated carbocycles. The summed E-state index contributed by atoms with van der Waals surface area (Å²) in [4.78, 5) is 22.4. The molecule has 0 fully saturated rings. The van der Waals surface area contributed by atoms with E-state index in [1.54, 1.807) is 0 Å². The zero-order chi connectivity index (χ0) is 21.1. The second-order valence-corrected chi connectivity index (χ2v) is 7.01. The van der Waals surface area contributed by atoms with E-state index in [9.17, 15) is 37.6 Å². The number of nitro groups is 1. The smallest absolute Gasteiger partial charge is 0.379 e. The summed E-state index contributed by atoms with van der Waals surface area (Å²) >= 11 is 1.04. The first kappa shape index (κ1) is 21.6. The largest absolute Gasteiger partial charge is 0.423 e. The number of amides is 1.